The summed E-state index contributed by atoms with van der Waals surface area (Å²) in [5, 5.41) is 25.7. The molecule has 0 bridgehead atoms. The fraction of sp³-hybridized carbons (Fsp3) is 0.0882. The van der Waals surface area contributed by atoms with E-state index >= 15 is 0 Å². The number of benzene rings is 8. The molecule has 4 aliphatic rings. The van der Waals surface area contributed by atoms with Gasteiger partial charge in [-0.15, -0.1) is 0 Å². The fourth-order valence-corrected chi connectivity index (χ4v) is 13.1. The van der Waals surface area contributed by atoms with Crippen molar-refractivity contribution in [1.82, 2.24) is 8.97 Å². The number of para-hydroxylation sites is 2. The van der Waals surface area contributed by atoms with Crippen LogP contribution in [0.25, 0.3) is 83.0 Å². The van der Waals surface area contributed by atoms with Gasteiger partial charge in [0.05, 0.1) is 51.4 Å². The number of anilines is 4. The van der Waals surface area contributed by atoms with Gasteiger partial charge in [0.25, 0.3) is 0 Å². The molecule has 2 atom stereocenters. The first-order valence-corrected chi connectivity index (χ1v) is 25.7. The number of aromatic nitrogens is 2. The van der Waals surface area contributed by atoms with Crippen molar-refractivity contribution in [2.75, 3.05) is 9.80 Å². The summed E-state index contributed by atoms with van der Waals surface area (Å²) in [7, 11) is 0. The van der Waals surface area contributed by atoms with Crippen molar-refractivity contribution >= 4 is 83.5 Å². The van der Waals surface area contributed by atoms with E-state index in [1.54, 1.807) is 0 Å². The SMILES string of the molecule is N#Cc1ccc(N(C2=CCCC=C2)c2ccc3c4cccc5c6c(-c7ccccc7)c7c(c8c9n7C7=CC(N(c%10ccccc%10)c%10ccc(C#N)cc%10)CC=C7C9CC=C8)c(-c7ccccc7)c6n(c3c2)c45)cc1. The van der Waals surface area contributed by atoms with Crippen LogP contribution in [-0.4, -0.2) is 15.0 Å². The van der Waals surface area contributed by atoms with E-state index in [1.807, 2.05) is 24.3 Å². The minimum absolute atomic E-state index is 0.00674. The van der Waals surface area contributed by atoms with Gasteiger partial charge in [0.1, 0.15) is 0 Å². The lowest BCUT2D eigenvalue weighted by Gasteiger charge is -2.34. The summed E-state index contributed by atoms with van der Waals surface area (Å²) in [5.41, 5.74) is 21.6. The maximum Gasteiger partial charge on any atom is 0.0991 e. The summed E-state index contributed by atoms with van der Waals surface area (Å²) < 4.78 is 5.28. The third-order valence-corrected chi connectivity index (χ3v) is 16.1. The van der Waals surface area contributed by atoms with Gasteiger partial charge in [-0.25, -0.2) is 0 Å². The number of fused-ring (bicyclic) bond motifs is 12. The highest BCUT2D eigenvalue weighted by atomic mass is 15.2. The number of hydrogen-bond donors (Lipinski definition) is 0. The minimum Gasteiger partial charge on any atom is -0.334 e. The van der Waals surface area contributed by atoms with Crippen molar-refractivity contribution < 1.29 is 0 Å². The predicted molar refractivity (Wildman–Crippen MR) is 304 cm³/mol. The summed E-state index contributed by atoms with van der Waals surface area (Å²) >= 11 is 0. The lowest BCUT2D eigenvalue weighted by atomic mass is 9.82. The predicted octanol–water partition coefficient (Wildman–Crippen LogP) is 17.1. The summed E-state index contributed by atoms with van der Waals surface area (Å²) in [6.45, 7) is 0. The molecule has 0 N–H and O–H groups in total. The largest absolute Gasteiger partial charge is 0.334 e. The van der Waals surface area contributed by atoms with Gasteiger partial charge in [0, 0.05) is 89.4 Å². The maximum absolute atomic E-state index is 9.78. The first-order chi connectivity index (χ1) is 36.7. The quantitative estimate of drug-likeness (QED) is 0.152. The highest BCUT2D eigenvalue weighted by Gasteiger charge is 2.42. The van der Waals surface area contributed by atoms with Crippen LogP contribution >= 0.6 is 0 Å². The highest BCUT2D eigenvalue weighted by molar-refractivity contribution is 6.34. The molecule has 2 unspecified atom stereocenters. The minimum atomic E-state index is 0.00674. The average Bonchev–Trinajstić information content (AvgIpc) is 4.28. The fourth-order valence-electron chi connectivity index (χ4n) is 13.1. The van der Waals surface area contributed by atoms with Crippen LogP contribution in [0.2, 0.25) is 0 Å². The molecule has 74 heavy (non-hydrogen) atoms. The van der Waals surface area contributed by atoms with E-state index in [4.69, 9.17) is 0 Å². The molecule has 6 nitrogen and oxygen atoms in total. The van der Waals surface area contributed by atoms with Crippen molar-refractivity contribution in [3.63, 3.8) is 0 Å². The van der Waals surface area contributed by atoms with Crippen LogP contribution in [0.1, 0.15) is 54.0 Å². The van der Waals surface area contributed by atoms with Crippen molar-refractivity contribution in [2.24, 2.45) is 0 Å². The second-order valence-electron chi connectivity index (χ2n) is 20.0. The molecule has 11 aromatic rings. The molecule has 4 heterocycles. The van der Waals surface area contributed by atoms with Gasteiger partial charge in [-0.1, -0.05) is 134 Å². The Kier molecular flexibility index (Phi) is 9.37. The second kappa shape index (κ2) is 16.5. The lowest BCUT2D eigenvalue weighted by Crippen LogP contribution is -2.31. The first-order valence-electron chi connectivity index (χ1n) is 25.7. The smallest absolute Gasteiger partial charge is 0.0991 e. The molecule has 8 aromatic carbocycles. The van der Waals surface area contributed by atoms with Gasteiger partial charge in [-0.05, 0) is 127 Å². The van der Waals surface area contributed by atoms with Crippen molar-refractivity contribution in [2.45, 2.75) is 37.6 Å². The molecule has 1 aliphatic heterocycles. The molecule has 3 aliphatic carbocycles. The topological polar surface area (TPSA) is 63.4 Å². The van der Waals surface area contributed by atoms with E-state index in [0.717, 1.165) is 59.6 Å². The Morgan fingerprint density at radius 2 is 1.16 bits per heavy atom. The zero-order valence-electron chi connectivity index (χ0n) is 40.5. The van der Waals surface area contributed by atoms with E-state index in [0.29, 0.717) is 11.1 Å². The summed E-state index contributed by atoms with van der Waals surface area (Å²) in [6.07, 6.45) is 20.5. The summed E-state index contributed by atoms with van der Waals surface area (Å²) in [6, 6.07) is 67.5. The van der Waals surface area contributed by atoms with Crippen LogP contribution in [0.5, 0.6) is 0 Å². The lowest BCUT2D eigenvalue weighted by molar-refractivity contribution is 0.764. The molecular formula is C68H46N6. The molecule has 6 heteroatoms. The Hall–Kier alpha value is -9.62. The van der Waals surface area contributed by atoms with Gasteiger partial charge in [0.2, 0.25) is 0 Å². The average molecular weight is 947 g/mol. The third kappa shape index (κ3) is 6.09. The summed E-state index contributed by atoms with van der Waals surface area (Å²) in [4.78, 5) is 4.79. The molecule has 0 spiro atoms. The van der Waals surface area contributed by atoms with Crippen molar-refractivity contribution in [3.05, 3.63) is 246 Å². The van der Waals surface area contributed by atoms with Crippen molar-refractivity contribution in [1.29, 1.82) is 10.5 Å². The number of nitriles is 2. The van der Waals surface area contributed by atoms with Crippen LogP contribution in [-0.2, 0) is 0 Å². The van der Waals surface area contributed by atoms with Gasteiger partial charge in [-0.3, -0.25) is 0 Å². The molecule has 0 amide bonds. The monoisotopic (exact) mass is 946 g/mol. The molecule has 0 saturated carbocycles. The Morgan fingerprint density at radius 3 is 1.85 bits per heavy atom. The molecule has 3 aromatic heterocycles. The van der Waals surface area contributed by atoms with Crippen LogP contribution in [0.4, 0.5) is 22.7 Å². The van der Waals surface area contributed by atoms with Crippen LogP contribution < -0.4 is 9.80 Å². The molecular weight excluding hydrogens is 901 g/mol. The van der Waals surface area contributed by atoms with E-state index in [-0.39, 0.29) is 12.0 Å². The Bertz CT molecular complexity index is 4360. The maximum atomic E-state index is 9.78. The first kappa shape index (κ1) is 42.1. The van der Waals surface area contributed by atoms with E-state index < -0.39 is 0 Å². The Morgan fingerprint density at radius 1 is 0.514 bits per heavy atom. The normalized spacial score (nSPS) is 16.5. The van der Waals surface area contributed by atoms with Gasteiger partial charge >= 0.3 is 0 Å². The number of rotatable bonds is 8. The molecule has 0 radical (unpaired) electrons. The zero-order chi connectivity index (χ0) is 49.0. The zero-order valence-corrected chi connectivity index (χ0v) is 40.5. The van der Waals surface area contributed by atoms with E-state index in [1.165, 1.54) is 88.3 Å². The molecule has 15 rings (SSSR count). The standard InChI is InChI=1S/C68H46N6/c69-41-43-27-31-49(32-28-43)71(47-19-9-3-10-20-47)51-35-37-53-56-24-14-26-58-64-62(46-17-7-2-8-18-46)68-63(61(45-15-5-1-6-16-45)67(64)73(66(56)58)59(53)39-51)57-25-13-23-55-54-38-36-52(40-60(54)74(68)65(55)57)72(48-21-11-4-12-22-48)50-33-29-44(42-70)30-34-50/h1-3,5-11,13-23,25-34,36-40,51,56H,4,12,24,35H2. The Balaban J connectivity index is 1.07. The number of nitrogens with zero attached hydrogens (tertiary/aromatic N) is 6. The number of allylic oxidation sites excluding steroid dienone is 6. The van der Waals surface area contributed by atoms with Crippen LogP contribution in [0.3, 0.4) is 0 Å². The van der Waals surface area contributed by atoms with Gasteiger partial charge in [0.15, 0.2) is 0 Å². The molecule has 0 fully saturated rings. The molecule has 348 valence electrons. The van der Waals surface area contributed by atoms with Crippen LogP contribution in [0.15, 0.2) is 224 Å². The summed E-state index contributed by atoms with van der Waals surface area (Å²) in [5.74, 6) is 0.210. The van der Waals surface area contributed by atoms with Gasteiger partial charge < -0.3 is 18.8 Å². The van der Waals surface area contributed by atoms with E-state index in [9.17, 15) is 10.5 Å². The van der Waals surface area contributed by atoms with E-state index in [2.05, 4.69) is 225 Å². The second-order valence-corrected chi connectivity index (χ2v) is 20.0. The highest BCUT2D eigenvalue weighted by Crippen LogP contribution is 2.59. The van der Waals surface area contributed by atoms with Crippen molar-refractivity contribution in [3.8, 4) is 34.4 Å². The number of hydrogen-bond acceptors (Lipinski definition) is 4. The molecule has 0 saturated heterocycles. The van der Waals surface area contributed by atoms with Gasteiger partial charge in [-0.2, -0.15) is 10.5 Å². The van der Waals surface area contributed by atoms with Crippen LogP contribution in [0, 0.1) is 22.7 Å². The Labute approximate surface area is 428 Å². The third-order valence-electron chi connectivity index (χ3n) is 16.1.